The Morgan fingerprint density at radius 1 is 1.18 bits per heavy atom. The highest BCUT2D eigenvalue weighted by molar-refractivity contribution is 6.24. The van der Waals surface area contributed by atoms with Gasteiger partial charge in [-0.25, -0.2) is 4.79 Å². The van der Waals surface area contributed by atoms with Crippen LogP contribution in [-0.2, 0) is 16.1 Å². The van der Waals surface area contributed by atoms with E-state index in [9.17, 15) is 24.0 Å². The molecule has 0 saturated carbocycles. The molecule has 0 aromatic heterocycles. The standard InChI is InChI=1S/C19H22N4O5/c1-19(2,3)22-18(28)20-9-10-5-4-6-11-14(10)17(27)23(16(11)26)12-7-8-13(24)21-15(12)25/h4-6,12H,7-9H2,1-3H3,(H2,20,22,28)(H,21,24,25)/t12-/m1/s1. The van der Waals surface area contributed by atoms with Crippen LogP contribution in [0.2, 0.25) is 0 Å². The van der Waals surface area contributed by atoms with Gasteiger partial charge in [0.15, 0.2) is 0 Å². The molecule has 0 radical (unpaired) electrons. The maximum Gasteiger partial charge on any atom is 0.315 e. The van der Waals surface area contributed by atoms with Crippen molar-refractivity contribution in [3.8, 4) is 0 Å². The van der Waals surface area contributed by atoms with E-state index in [2.05, 4.69) is 16.0 Å². The van der Waals surface area contributed by atoms with Gasteiger partial charge in [0.25, 0.3) is 11.8 Å². The Kier molecular flexibility index (Phi) is 4.93. The van der Waals surface area contributed by atoms with E-state index in [1.54, 1.807) is 12.1 Å². The van der Waals surface area contributed by atoms with E-state index in [1.165, 1.54) is 6.07 Å². The predicted molar refractivity (Wildman–Crippen MR) is 98.2 cm³/mol. The zero-order chi connectivity index (χ0) is 20.6. The first-order valence-electron chi connectivity index (χ1n) is 8.98. The van der Waals surface area contributed by atoms with E-state index in [1.807, 2.05) is 20.8 Å². The van der Waals surface area contributed by atoms with Gasteiger partial charge in [0.1, 0.15) is 6.04 Å². The topological polar surface area (TPSA) is 125 Å². The first-order valence-corrected chi connectivity index (χ1v) is 8.98. The quantitative estimate of drug-likeness (QED) is 0.659. The second kappa shape index (κ2) is 7.06. The minimum atomic E-state index is -1.02. The molecule has 1 aromatic carbocycles. The molecule has 2 heterocycles. The minimum absolute atomic E-state index is 0.0489. The molecule has 6 amide bonds. The third kappa shape index (κ3) is 3.73. The summed E-state index contributed by atoms with van der Waals surface area (Å²) in [6, 6.07) is 3.37. The molecule has 0 spiro atoms. The Balaban J connectivity index is 1.81. The van der Waals surface area contributed by atoms with Crippen LogP contribution >= 0.6 is 0 Å². The first kappa shape index (κ1) is 19.5. The lowest BCUT2D eigenvalue weighted by molar-refractivity contribution is -0.136. The molecule has 0 unspecified atom stereocenters. The van der Waals surface area contributed by atoms with Crippen molar-refractivity contribution in [1.29, 1.82) is 0 Å². The molecule has 1 aromatic rings. The maximum absolute atomic E-state index is 12.9. The molecule has 148 valence electrons. The summed E-state index contributed by atoms with van der Waals surface area (Å²) in [5.41, 5.74) is 0.421. The van der Waals surface area contributed by atoms with Crippen LogP contribution in [0.1, 0.15) is 59.9 Å². The molecule has 9 nitrogen and oxygen atoms in total. The fourth-order valence-electron chi connectivity index (χ4n) is 3.29. The monoisotopic (exact) mass is 386 g/mol. The van der Waals surface area contributed by atoms with Crippen molar-refractivity contribution in [3.05, 3.63) is 34.9 Å². The molecule has 0 bridgehead atoms. The van der Waals surface area contributed by atoms with Gasteiger partial charge in [0.05, 0.1) is 11.1 Å². The van der Waals surface area contributed by atoms with Gasteiger partial charge >= 0.3 is 6.03 Å². The molecule has 3 N–H and O–H groups in total. The van der Waals surface area contributed by atoms with Crippen LogP contribution in [0, 0.1) is 0 Å². The number of carbonyl (C=O) groups is 5. The van der Waals surface area contributed by atoms with E-state index >= 15 is 0 Å². The number of benzene rings is 1. The normalized spacial score (nSPS) is 19.4. The van der Waals surface area contributed by atoms with Gasteiger partial charge < -0.3 is 10.6 Å². The molecule has 2 aliphatic heterocycles. The molecular formula is C19H22N4O5. The van der Waals surface area contributed by atoms with Crippen molar-refractivity contribution < 1.29 is 24.0 Å². The number of fused-ring (bicyclic) bond motifs is 1. The van der Waals surface area contributed by atoms with Crippen molar-refractivity contribution in [2.24, 2.45) is 0 Å². The molecule has 1 fully saturated rings. The highest BCUT2D eigenvalue weighted by atomic mass is 16.2. The van der Waals surface area contributed by atoms with Crippen LogP contribution in [0.15, 0.2) is 18.2 Å². The Bertz CT molecular complexity index is 887. The smallest absolute Gasteiger partial charge is 0.315 e. The summed E-state index contributed by atoms with van der Waals surface area (Å²) in [5, 5.41) is 7.59. The van der Waals surface area contributed by atoms with Crippen LogP contribution in [0.4, 0.5) is 4.79 Å². The molecule has 9 heteroatoms. The van der Waals surface area contributed by atoms with Crippen molar-refractivity contribution in [2.75, 3.05) is 0 Å². The van der Waals surface area contributed by atoms with E-state index in [0.717, 1.165) is 4.90 Å². The van der Waals surface area contributed by atoms with Crippen molar-refractivity contribution in [3.63, 3.8) is 0 Å². The maximum atomic E-state index is 12.9. The van der Waals surface area contributed by atoms with Crippen molar-refractivity contribution >= 4 is 29.7 Å². The Morgan fingerprint density at radius 3 is 2.54 bits per heavy atom. The molecule has 2 aliphatic rings. The number of nitrogens with one attached hydrogen (secondary N) is 3. The molecule has 1 saturated heterocycles. The van der Waals surface area contributed by atoms with Gasteiger partial charge in [-0.2, -0.15) is 0 Å². The summed E-state index contributed by atoms with van der Waals surface area (Å²) >= 11 is 0. The highest BCUT2D eigenvalue weighted by Gasteiger charge is 2.45. The van der Waals surface area contributed by atoms with Crippen molar-refractivity contribution in [2.45, 2.75) is 51.7 Å². The van der Waals surface area contributed by atoms with E-state index in [0.29, 0.717) is 5.56 Å². The van der Waals surface area contributed by atoms with Gasteiger partial charge in [-0.15, -0.1) is 0 Å². The van der Waals surface area contributed by atoms with Gasteiger partial charge in [0, 0.05) is 18.5 Å². The van der Waals surface area contributed by atoms with Gasteiger partial charge in [0.2, 0.25) is 11.8 Å². The SMILES string of the molecule is CC(C)(C)NC(=O)NCc1cccc2c1C(=O)N([C@@H]1CCC(=O)NC1=O)C2=O. The molecule has 0 aliphatic carbocycles. The lowest BCUT2D eigenvalue weighted by Crippen LogP contribution is -2.54. The number of amides is 6. The van der Waals surface area contributed by atoms with Gasteiger partial charge in [-0.3, -0.25) is 29.4 Å². The number of rotatable bonds is 3. The summed E-state index contributed by atoms with van der Waals surface area (Å²) in [6.07, 6.45) is 0.156. The largest absolute Gasteiger partial charge is 0.334 e. The Labute approximate surface area is 161 Å². The number of nitrogens with zero attached hydrogens (tertiary/aromatic N) is 1. The minimum Gasteiger partial charge on any atom is -0.334 e. The first-order chi connectivity index (χ1) is 13.1. The van der Waals surface area contributed by atoms with Crippen LogP contribution in [0.5, 0.6) is 0 Å². The van der Waals surface area contributed by atoms with E-state index in [4.69, 9.17) is 0 Å². The fourth-order valence-corrected chi connectivity index (χ4v) is 3.29. The number of piperidine rings is 1. The number of hydrogen-bond acceptors (Lipinski definition) is 5. The van der Waals surface area contributed by atoms with E-state index in [-0.39, 0.29) is 30.5 Å². The average Bonchev–Trinajstić information content (AvgIpc) is 2.84. The number of imide groups is 2. The highest BCUT2D eigenvalue weighted by Crippen LogP contribution is 2.29. The molecule has 28 heavy (non-hydrogen) atoms. The molecular weight excluding hydrogens is 364 g/mol. The third-order valence-electron chi connectivity index (χ3n) is 4.48. The summed E-state index contributed by atoms with van der Waals surface area (Å²) < 4.78 is 0. The lowest BCUT2D eigenvalue weighted by Gasteiger charge is -2.27. The average molecular weight is 386 g/mol. The fraction of sp³-hybridized carbons (Fsp3) is 0.421. The number of hydrogen-bond donors (Lipinski definition) is 3. The van der Waals surface area contributed by atoms with Crippen LogP contribution < -0.4 is 16.0 Å². The van der Waals surface area contributed by atoms with Crippen molar-refractivity contribution in [1.82, 2.24) is 20.9 Å². The predicted octanol–water partition coefficient (Wildman–Crippen LogP) is 0.685. The van der Waals surface area contributed by atoms with Gasteiger partial charge in [-0.1, -0.05) is 12.1 Å². The van der Waals surface area contributed by atoms with Gasteiger partial charge in [-0.05, 0) is 38.8 Å². The number of urea groups is 1. The number of carbonyl (C=O) groups excluding carboxylic acids is 5. The molecule has 1 atom stereocenters. The van der Waals surface area contributed by atoms with Crippen LogP contribution in [0.3, 0.4) is 0 Å². The summed E-state index contributed by atoms with van der Waals surface area (Å²) in [6.45, 7) is 5.57. The second-order valence-electron chi connectivity index (χ2n) is 7.84. The summed E-state index contributed by atoms with van der Waals surface area (Å²) in [5.74, 6) is -2.25. The summed E-state index contributed by atoms with van der Waals surface area (Å²) in [7, 11) is 0. The lowest BCUT2D eigenvalue weighted by atomic mass is 10.0. The van der Waals surface area contributed by atoms with E-state index < -0.39 is 41.2 Å². The van der Waals surface area contributed by atoms with Crippen LogP contribution in [-0.4, -0.2) is 46.1 Å². The third-order valence-corrected chi connectivity index (χ3v) is 4.48. The Hall–Kier alpha value is -3.23. The van der Waals surface area contributed by atoms with Crippen LogP contribution in [0.25, 0.3) is 0 Å². The summed E-state index contributed by atoms with van der Waals surface area (Å²) in [4.78, 5) is 62.1. The Morgan fingerprint density at radius 2 is 1.89 bits per heavy atom. The molecule has 3 rings (SSSR count). The zero-order valence-electron chi connectivity index (χ0n) is 15.9. The zero-order valence-corrected chi connectivity index (χ0v) is 15.9. The second-order valence-corrected chi connectivity index (χ2v) is 7.84.